The third-order valence-corrected chi connectivity index (χ3v) is 3.78. The van der Waals surface area contributed by atoms with E-state index in [0.717, 1.165) is 22.6 Å². The summed E-state index contributed by atoms with van der Waals surface area (Å²) in [7, 11) is 3.50. The van der Waals surface area contributed by atoms with E-state index in [1.807, 2.05) is 25.2 Å². The van der Waals surface area contributed by atoms with Gasteiger partial charge in [0.15, 0.2) is 12.2 Å². The summed E-state index contributed by atoms with van der Waals surface area (Å²) in [6, 6.07) is 12.7. The summed E-state index contributed by atoms with van der Waals surface area (Å²) < 4.78 is 10.5. The van der Waals surface area contributed by atoms with Crippen LogP contribution < -0.4 is 20.7 Å². The van der Waals surface area contributed by atoms with Crippen molar-refractivity contribution in [3.63, 3.8) is 0 Å². The number of hydrogen-bond donors (Lipinski definition) is 4. The number of rotatable bonds is 7. The Balaban J connectivity index is 0.000000208. The number of carbonyl (C=O) groups excluding carboxylic acids is 1. The molecule has 0 aliphatic rings. The van der Waals surface area contributed by atoms with Crippen molar-refractivity contribution in [2.45, 2.75) is 6.54 Å². The summed E-state index contributed by atoms with van der Waals surface area (Å²) in [6.45, 7) is 0.226. The lowest BCUT2D eigenvalue weighted by molar-refractivity contribution is -0.105. The van der Waals surface area contributed by atoms with Gasteiger partial charge in [0.25, 0.3) is 0 Å². The van der Waals surface area contributed by atoms with Crippen LogP contribution in [-0.2, 0) is 11.3 Å². The van der Waals surface area contributed by atoms with Crippen LogP contribution in [0.25, 0.3) is 11.3 Å². The zero-order chi connectivity index (χ0) is 21.1. The first kappa shape index (κ1) is 21.3. The van der Waals surface area contributed by atoms with E-state index in [4.69, 9.17) is 14.3 Å². The number of oxazole rings is 1. The van der Waals surface area contributed by atoms with Crippen molar-refractivity contribution in [1.82, 2.24) is 10.3 Å². The Bertz CT molecular complexity index is 928. The number of hydrogen-bond acceptors (Lipinski definition) is 6. The SMILES string of the molecule is CNc1ccc(-c2cnco2)c(OC)c1.O=CNc1cccc(CNC(=O)O)c1. The van der Waals surface area contributed by atoms with Crippen molar-refractivity contribution in [2.75, 3.05) is 24.8 Å². The maximum absolute atomic E-state index is 10.2. The Morgan fingerprint density at radius 3 is 2.69 bits per heavy atom. The molecule has 9 nitrogen and oxygen atoms in total. The number of aromatic nitrogens is 1. The van der Waals surface area contributed by atoms with E-state index < -0.39 is 6.09 Å². The molecule has 0 saturated heterocycles. The molecule has 2 aromatic carbocycles. The minimum absolute atomic E-state index is 0.226. The molecule has 0 bridgehead atoms. The molecule has 0 aliphatic carbocycles. The zero-order valence-electron chi connectivity index (χ0n) is 16.0. The van der Waals surface area contributed by atoms with Gasteiger partial charge in [0.05, 0.1) is 18.9 Å². The molecule has 0 fully saturated rings. The predicted molar refractivity (Wildman–Crippen MR) is 109 cm³/mol. The van der Waals surface area contributed by atoms with E-state index >= 15 is 0 Å². The van der Waals surface area contributed by atoms with Crippen molar-refractivity contribution in [3.8, 4) is 17.1 Å². The van der Waals surface area contributed by atoms with Gasteiger partial charge in [0.1, 0.15) is 5.75 Å². The molecule has 0 unspecified atom stereocenters. The third kappa shape index (κ3) is 6.58. The van der Waals surface area contributed by atoms with Gasteiger partial charge in [-0.1, -0.05) is 12.1 Å². The van der Waals surface area contributed by atoms with Crippen LogP contribution in [0.1, 0.15) is 5.56 Å². The lowest BCUT2D eigenvalue weighted by atomic mass is 10.1. The quantitative estimate of drug-likeness (QED) is 0.449. The van der Waals surface area contributed by atoms with Crippen molar-refractivity contribution in [1.29, 1.82) is 0 Å². The maximum Gasteiger partial charge on any atom is 0.404 e. The molecular formula is C20H22N4O5. The highest BCUT2D eigenvalue weighted by Gasteiger charge is 2.09. The molecule has 4 N–H and O–H groups in total. The minimum atomic E-state index is -1.07. The van der Waals surface area contributed by atoms with Gasteiger partial charge in [-0.2, -0.15) is 0 Å². The van der Waals surface area contributed by atoms with E-state index in [9.17, 15) is 9.59 Å². The average molecular weight is 398 g/mol. The summed E-state index contributed by atoms with van der Waals surface area (Å²) in [5.41, 5.74) is 3.33. The molecule has 1 aromatic heterocycles. The van der Waals surface area contributed by atoms with Crippen LogP contribution in [0.4, 0.5) is 16.2 Å². The molecule has 1 heterocycles. The summed E-state index contributed by atoms with van der Waals surface area (Å²) in [5.74, 6) is 1.47. The highest BCUT2D eigenvalue weighted by Crippen LogP contribution is 2.31. The van der Waals surface area contributed by atoms with Gasteiger partial charge in [-0.05, 0) is 29.8 Å². The summed E-state index contributed by atoms with van der Waals surface area (Å²) in [6.07, 6.45) is 2.57. The number of nitrogens with zero attached hydrogens (tertiary/aromatic N) is 1. The molecule has 29 heavy (non-hydrogen) atoms. The number of benzene rings is 2. The van der Waals surface area contributed by atoms with Crippen LogP contribution in [0.15, 0.2) is 59.5 Å². The second-order valence-corrected chi connectivity index (χ2v) is 5.65. The number of nitrogens with one attached hydrogen (secondary N) is 3. The molecule has 9 heteroatoms. The number of methoxy groups -OCH3 is 1. The smallest absolute Gasteiger partial charge is 0.404 e. The second-order valence-electron chi connectivity index (χ2n) is 5.65. The van der Waals surface area contributed by atoms with Gasteiger partial charge in [-0.3, -0.25) is 4.79 Å². The average Bonchev–Trinajstić information content (AvgIpc) is 3.27. The maximum atomic E-state index is 10.2. The number of anilines is 2. The molecule has 152 valence electrons. The minimum Gasteiger partial charge on any atom is -0.496 e. The molecule has 0 aliphatic heterocycles. The van der Waals surface area contributed by atoms with Crippen molar-refractivity contribution in [3.05, 3.63) is 60.6 Å². The number of carboxylic acid groups (broad SMARTS) is 1. The first-order valence-corrected chi connectivity index (χ1v) is 8.58. The Morgan fingerprint density at radius 1 is 1.24 bits per heavy atom. The number of ether oxygens (including phenoxy) is 1. The van der Waals surface area contributed by atoms with Crippen LogP contribution in [0.3, 0.4) is 0 Å². The van der Waals surface area contributed by atoms with Gasteiger partial charge < -0.3 is 30.2 Å². The topological polar surface area (TPSA) is 126 Å². The van der Waals surface area contributed by atoms with Crippen molar-refractivity contribution in [2.24, 2.45) is 0 Å². The molecule has 3 aromatic rings. The third-order valence-electron chi connectivity index (χ3n) is 3.78. The molecule has 0 radical (unpaired) electrons. The number of amides is 2. The molecule has 0 atom stereocenters. The standard InChI is InChI=1S/C11H12N2O2.C9H10N2O3/c1-12-8-3-4-9(10(5-8)14-2)11-6-13-7-15-11;12-6-11-8-3-1-2-7(4-8)5-10-9(13)14/h3-7,12H,1-2H3;1-4,6,10H,5H2,(H,11,12)(H,13,14). The zero-order valence-corrected chi connectivity index (χ0v) is 16.0. The van der Waals surface area contributed by atoms with Crippen molar-refractivity contribution < 1.29 is 23.8 Å². The largest absolute Gasteiger partial charge is 0.496 e. The van der Waals surface area contributed by atoms with E-state index in [2.05, 4.69) is 20.9 Å². The number of carbonyl (C=O) groups is 2. The summed E-state index contributed by atoms with van der Waals surface area (Å²) >= 11 is 0. The first-order valence-electron chi connectivity index (χ1n) is 8.58. The van der Waals surface area contributed by atoms with Crippen molar-refractivity contribution >= 4 is 23.9 Å². The highest BCUT2D eigenvalue weighted by atomic mass is 16.5. The Labute approximate surface area is 167 Å². The van der Waals surface area contributed by atoms with E-state index in [-0.39, 0.29) is 6.54 Å². The van der Waals surface area contributed by atoms with Gasteiger partial charge in [-0.25, -0.2) is 9.78 Å². The predicted octanol–water partition coefficient (Wildman–Crippen LogP) is 3.41. The molecular weight excluding hydrogens is 376 g/mol. The van der Waals surface area contributed by atoms with E-state index in [1.165, 1.54) is 6.39 Å². The van der Waals surface area contributed by atoms with Crippen LogP contribution >= 0.6 is 0 Å². The van der Waals surface area contributed by atoms with Crippen LogP contribution in [0, 0.1) is 0 Å². The second kappa shape index (κ2) is 11.0. The van der Waals surface area contributed by atoms with E-state index in [1.54, 1.807) is 37.6 Å². The van der Waals surface area contributed by atoms with Gasteiger partial charge in [0.2, 0.25) is 6.41 Å². The molecule has 0 spiro atoms. The highest BCUT2D eigenvalue weighted by molar-refractivity contribution is 5.71. The molecule has 0 saturated carbocycles. The van der Waals surface area contributed by atoms with Crippen LogP contribution in [-0.4, -0.2) is 36.8 Å². The fourth-order valence-corrected chi connectivity index (χ4v) is 2.42. The summed E-state index contributed by atoms with van der Waals surface area (Å²) in [4.78, 5) is 24.2. The fraction of sp³-hybridized carbons (Fsp3) is 0.150. The summed E-state index contributed by atoms with van der Waals surface area (Å²) in [5, 5.41) is 16.1. The van der Waals surface area contributed by atoms with E-state index in [0.29, 0.717) is 17.9 Å². The van der Waals surface area contributed by atoms with Crippen LogP contribution in [0.2, 0.25) is 0 Å². The Morgan fingerprint density at radius 2 is 2.07 bits per heavy atom. The molecule has 2 amide bonds. The van der Waals surface area contributed by atoms with Gasteiger partial charge >= 0.3 is 6.09 Å². The fourth-order valence-electron chi connectivity index (χ4n) is 2.42. The normalized spacial score (nSPS) is 9.59. The first-order chi connectivity index (χ1) is 14.1. The van der Waals surface area contributed by atoms with Gasteiger partial charge in [-0.15, -0.1) is 0 Å². The lowest BCUT2D eigenvalue weighted by Crippen LogP contribution is -2.19. The monoisotopic (exact) mass is 398 g/mol. The van der Waals surface area contributed by atoms with Crippen LogP contribution in [0.5, 0.6) is 5.75 Å². The Kier molecular flexibility index (Phi) is 8.06. The lowest BCUT2D eigenvalue weighted by Gasteiger charge is -2.08. The Hall–Kier alpha value is -4.01. The van der Waals surface area contributed by atoms with Gasteiger partial charge in [0, 0.05) is 31.0 Å². The molecule has 3 rings (SSSR count).